The fourth-order valence-corrected chi connectivity index (χ4v) is 3.84. The summed E-state index contributed by atoms with van der Waals surface area (Å²) in [5.74, 6) is 3.61. The van der Waals surface area contributed by atoms with Crippen molar-refractivity contribution in [2.24, 2.45) is 5.92 Å². The SMILES string of the molecule is CC(C)N1CCC(CNC2CCCSC2)C1. The zero-order valence-corrected chi connectivity index (χ0v) is 11.6. The molecular weight excluding hydrogens is 216 g/mol. The van der Waals surface area contributed by atoms with Crippen molar-refractivity contribution in [1.29, 1.82) is 0 Å². The lowest BCUT2D eigenvalue weighted by molar-refractivity contribution is 0.262. The molecule has 16 heavy (non-hydrogen) atoms. The molecule has 2 fully saturated rings. The average molecular weight is 242 g/mol. The molecule has 2 aliphatic rings. The van der Waals surface area contributed by atoms with E-state index in [1.807, 2.05) is 0 Å². The van der Waals surface area contributed by atoms with Crippen LogP contribution in [0.2, 0.25) is 0 Å². The van der Waals surface area contributed by atoms with E-state index < -0.39 is 0 Å². The Morgan fingerprint density at radius 3 is 2.88 bits per heavy atom. The zero-order valence-electron chi connectivity index (χ0n) is 10.7. The van der Waals surface area contributed by atoms with Crippen LogP contribution in [0.1, 0.15) is 33.1 Å². The minimum absolute atomic E-state index is 0.732. The molecule has 2 aliphatic heterocycles. The van der Waals surface area contributed by atoms with E-state index >= 15 is 0 Å². The van der Waals surface area contributed by atoms with Gasteiger partial charge in [0.25, 0.3) is 0 Å². The predicted octanol–water partition coefficient (Wildman–Crippen LogP) is 2.20. The van der Waals surface area contributed by atoms with Crippen LogP contribution in [0.5, 0.6) is 0 Å². The van der Waals surface area contributed by atoms with Gasteiger partial charge in [-0.25, -0.2) is 0 Å². The molecule has 2 rings (SSSR count). The van der Waals surface area contributed by atoms with Crippen LogP contribution in [0.15, 0.2) is 0 Å². The molecule has 0 saturated carbocycles. The van der Waals surface area contributed by atoms with Crippen molar-refractivity contribution < 1.29 is 0 Å². The van der Waals surface area contributed by atoms with Gasteiger partial charge in [0.1, 0.15) is 0 Å². The van der Waals surface area contributed by atoms with Crippen molar-refractivity contribution in [3.63, 3.8) is 0 Å². The maximum absolute atomic E-state index is 3.78. The van der Waals surface area contributed by atoms with E-state index in [2.05, 4.69) is 35.8 Å². The zero-order chi connectivity index (χ0) is 11.4. The molecular formula is C13H26N2S. The third-order valence-electron chi connectivity index (χ3n) is 3.90. The Hall–Kier alpha value is 0.270. The van der Waals surface area contributed by atoms with Gasteiger partial charge in [-0.05, 0) is 57.9 Å². The highest BCUT2D eigenvalue weighted by molar-refractivity contribution is 7.99. The van der Waals surface area contributed by atoms with E-state index in [0.717, 1.165) is 18.0 Å². The molecule has 2 atom stereocenters. The smallest absolute Gasteiger partial charge is 0.0158 e. The molecule has 0 spiro atoms. The summed E-state index contributed by atoms with van der Waals surface area (Å²) in [6.07, 6.45) is 4.20. The third kappa shape index (κ3) is 3.64. The van der Waals surface area contributed by atoms with Crippen LogP contribution in [0.25, 0.3) is 0 Å². The van der Waals surface area contributed by atoms with E-state index in [4.69, 9.17) is 0 Å². The van der Waals surface area contributed by atoms with E-state index in [9.17, 15) is 0 Å². The van der Waals surface area contributed by atoms with Crippen molar-refractivity contribution >= 4 is 11.8 Å². The first kappa shape index (κ1) is 12.7. The molecule has 2 nitrogen and oxygen atoms in total. The third-order valence-corrected chi connectivity index (χ3v) is 5.12. The number of hydrogen-bond donors (Lipinski definition) is 1. The molecule has 2 heterocycles. The van der Waals surface area contributed by atoms with Gasteiger partial charge in [-0.2, -0.15) is 11.8 Å². The summed E-state index contributed by atoms with van der Waals surface area (Å²) in [5.41, 5.74) is 0. The average Bonchev–Trinajstić information content (AvgIpc) is 2.76. The first-order valence-corrected chi connectivity index (χ1v) is 7.96. The second-order valence-corrected chi connectivity index (χ2v) is 6.72. The summed E-state index contributed by atoms with van der Waals surface area (Å²) in [6.45, 7) is 8.49. The van der Waals surface area contributed by atoms with Crippen molar-refractivity contribution in [3.8, 4) is 0 Å². The van der Waals surface area contributed by atoms with Crippen LogP contribution in [-0.4, -0.2) is 48.1 Å². The van der Waals surface area contributed by atoms with Gasteiger partial charge in [0.15, 0.2) is 0 Å². The Morgan fingerprint density at radius 2 is 2.25 bits per heavy atom. The molecule has 1 N–H and O–H groups in total. The largest absolute Gasteiger partial charge is 0.313 e. The highest BCUT2D eigenvalue weighted by Gasteiger charge is 2.24. The van der Waals surface area contributed by atoms with Crippen LogP contribution in [0, 0.1) is 5.92 Å². The summed E-state index contributed by atoms with van der Waals surface area (Å²) in [4.78, 5) is 2.61. The van der Waals surface area contributed by atoms with Gasteiger partial charge in [-0.1, -0.05) is 0 Å². The van der Waals surface area contributed by atoms with Gasteiger partial charge < -0.3 is 10.2 Å². The highest BCUT2D eigenvalue weighted by atomic mass is 32.2. The monoisotopic (exact) mass is 242 g/mol. The lowest BCUT2D eigenvalue weighted by Crippen LogP contribution is -2.38. The van der Waals surface area contributed by atoms with Gasteiger partial charge in [-0.15, -0.1) is 0 Å². The van der Waals surface area contributed by atoms with E-state index in [1.165, 1.54) is 50.4 Å². The fraction of sp³-hybridized carbons (Fsp3) is 1.00. The summed E-state index contributed by atoms with van der Waals surface area (Å²) in [5, 5.41) is 3.78. The van der Waals surface area contributed by atoms with Crippen molar-refractivity contribution in [3.05, 3.63) is 0 Å². The molecule has 0 aromatic carbocycles. The molecule has 2 unspecified atom stereocenters. The van der Waals surface area contributed by atoms with Gasteiger partial charge in [0, 0.05) is 24.4 Å². The van der Waals surface area contributed by atoms with Crippen molar-refractivity contribution in [2.75, 3.05) is 31.1 Å². The quantitative estimate of drug-likeness (QED) is 0.814. The topological polar surface area (TPSA) is 15.3 Å². The molecule has 0 radical (unpaired) electrons. The van der Waals surface area contributed by atoms with Crippen LogP contribution in [-0.2, 0) is 0 Å². The second kappa shape index (κ2) is 6.27. The van der Waals surface area contributed by atoms with E-state index in [-0.39, 0.29) is 0 Å². The summed E-state index contributed by atoms with van der Waals surface area (Å²) < 4.78 is 0. The Bertz CT molecular complexity index is 202. The maximum Gasteiger partial charge on any atom is 0.0158 e. The molecule has 0 bridgehead atoms. The summed E-state index contributed by atoms with van der Waals surface area (Å²) >= 11 is 2.12. The lowest BCUT2D eigenvalue weighted by atomic mass is 10.1. The Labute approximate surface area is 105 Å². The van der Waals surface area contributed by atoms with Crippen molar-refractivity contribution in [2.45, 2.75) is 45.2 Å². The molecule has 0 aromatic heterocycles. The molecule has 0 aliphatic carbocycles. The Kier molecular flexibility index (Phi) is 4.98. The molecule has 0 aromatic rings. The molecule has 94 valence electrons. The number of likely N-dealkylation sites (tertiary alicyclic amines) is 1. The lowest BCUT2D eigenvalue weighted by Gasteiger charge is -2.25. The summed E-state index contributed by atoms with van der Waals surface area (Å²) in [6, 6.07) is 1.53. The van der Waals surface area contributed by atoms with Gasteiger partial charge in [0.05, 0.1) is 0 Å². The maximum atomic E-state index is 3.78. The van der Waals surface area contributed by atoms with E-state index in [1.54, 1.807) is 0 Å². The number of nitrogens with one attached hydrogen (secondary N) is 1. The molecule has 3 heteroatoms. The minimum Gasteiger partial charge on any atom is -0.313 e. The molecule has 0 amide bonds. The van der Waals surface area contributed by atoms with Crippen LogP contribution in [0.3, 0.4) is 0 Å². The van der Waals surface area contributed by atoms with Crippen LogP contribution < -0.4 is 5.32 Å². The normalized spacial score (nSPS) is 32.4. The van der Waals surface area contributed by atoms with Crippen molar-refractivity contribution in [1.82, 2.24) is 10.2 Å². The first-order valence-electron chi connectivity index (χ1n) is 6.81. The standard InChI is InChI=1S/C13H26N2S/c1-11(2)15-6-5-12(9-15)8-14-13-4-3-7-16-10-13/h11-14H,3-10H2,1-2H3. The number of hydrogen-bond acceptors (Lipinski definition) is 3. The summed E-state index contributed by atoms with van der Waals surface area (Å²) in [7, 11) is 0. The highest BCUT2D eigenvalue weighted by Crippen LogP contribution is 2.20. The van der Waals surface area contributed by atoms with E-state index in [0.29, 0.717) is 0 Å². The van der Waals surface area contributed by atoms with Gasteiger partial charge in [-0.3, -0.25) is 0 Å². The Balaban J connectivity index is 1.63. The first-order chi connectivity index (χ1) is 7.75. The molecule has 2 saturated heterocycles. The number of thioether (sulfide) groups is 1. The fourth-order valence-electron chi connectivity index (χ4n) is 2.73. The van der Waals surface area contributed by atoms with Crippen LogP contribution in [0.4, 0.5) is 0 Å². The van der Waals surface area contributed by atoms with Crippen LogP contribution >= 0.6 is 11.8 Å². The second-order valence-electron chi connectivity index (χ2n) is 5.57. The minimum atomic E-state index is 0.732. The van der Waals surface area contributed by atoms with Gasteiger partial charge >= 0.3 is 0 Å². The van der Waals surface area contributed by atoms with Gasteiger partial charge in [0.2, 0.25) is 0 Å². The number of rotatable bonds is 4. The number of nitrogens with zero attached hydrogens (tertiary/aromatic N) is 1. The predicted molar refractivity (Wildman–Crippen MR) is 73.2 cm³/mol. The Morgan fingerprint density at radius 1 is 1.38 bits per heavy atom.